The number of nitrogens with two attached hydrogens (primary N) is 1. The first-order chi connectivity index (χ1) is 9.24. The van der Waals surface area contributed by atoms with E-state index in [0.717, 1.165) is 36.8 Å². The molecule has 4 heteroatoms. The number of benzene rings is 1. The van der Waals surface area contributed by atoms with Gasteiger partial charge in [-0.3, -0.25) is 0 Å². The molecule has 1 saturated heterocycles. The summed E-state index contributed by atoms with van der Waals surface area (Å²) in [4.78, 5) is 12.3. The smallest absolute Gasteiger partial charge is 0.345 e. The zero-order chi connectivity index (χ0) is 13.3. The van der Waals surface area contributed by atoms with Crippen LogP contribution in [0.1, 0.15) is 36.8 Å². The monoisotopic (exact) mass is 261 g/mol. The number of hydrogen-bond donors (Lipinski definition) is 1. The van der Waals surface area contributed by atoms with E-state index in [-0.39, 0.29) is 12.1 Å². The SMILES string of the molecule is NCc1ccc(C2(C(=O)OC3CCCC3)CO2)cc1. The Hall–Kier alpha value is -1.39. The number of esters is 1. The minimum Gasteiger partial charge on any atom is -0.460 e. The van der Waals surface area contributed by atoms with Crippen LogP contribution in [-0.2, 0) is 26.4 Å². The van der Waals surface area contributed by atoms with Gasteiger partial charge in [0, 0.05) is 6.54 Å². The van der Waals surface area contributed by atoms with Crippen LogP contribution in [0.4, 0.5) is 0 Å². The molecule has 0 amide bonds. The van der Waals surface area contributed by atoms with Crippen molar-refractivity contribution in [2.75, 3.05) is 6.61 Å². The maximum absolute atomic E-state index is 12.3. The lowest BCUT2D eigenvalue weighted by Crippen LogP contribution is -2.28. The van der Waals surface area contributed by atoms with Crippen LogP contribution in [0, 0.1) is 0 Å². The molecule has 1 unspecified atom stereocenters. The van der Waals surface area contributed by atoms with Crippen molar-refractivity contribution in [2.24, 2.45) is 5.73 Å². The quantitative estimate of drug-likeness (QED) is 0.663. The molecule has 2 aliphatic rings. The van der Waals surface area contributed by atoms with E-state index in [1.165, 1.54) is 0 Å². The number of rotatable bonds is 4. The van der Waals surface area contributed by atoms with Crippen molar-refractivity contribution < 1.29 is 14.3 Å². The van der Waals surface area contributed by atoms with E-state index in [4.69, 9.17) is 15.2 Å². The lowest BCUT2D eigenvalue weighted by Gasteiger charge is -2.16. The highest BCUT2D eigenvalue weighted by Crippen LogP contribution is 2.41. The standard InChI is InChI=1S/C15H19NO3/c16-9-11-5-7-12(8-6-11)15(10-18-15)14(17)19-13-3-1-2-4-13/h5-8,13H,1-4,9-10,16H2. The minimum atomic E-state index is -0.851. The molecule has 0 aromatic heterocycles. The molecule has 0 radical (unpaired) electrons. The molecule has 1 heterocycles. The summed E-state index contributed by atoms with van der Waals surface area (Å²) in [5.74, 6) is -0.236. The zero-order valence-electron chi connectivity index (χ0n) is 10.9. The highest BCUT2D eigenvalue weighted by molar-refractivity contribution is 5.84. The molecule has 2 N–H and O–H groups in total. The van der Waals surface area contributed by atoms with Crippen molar-refractivity contribution in [3.05, 3.63) is 35.4 Å². The maximum atomic E-state index is 12.3. The van der Waals surface area contributed by atoms with Gasteiger partial charge in [0.1, 0.15) is 6.10 Å². The van der Waals surface area contributed by atoms with Crippen LogP contribution in [-0.4, -0.2) is 18.7 Å². The maximum Gasteiger partial charge on any atom is 0.345 e. The summed E-state index contributed by atoms with van der Waals surface area (Å²) in [6.45, 7) is 0.918. The predicted molar refractivity (Wildman–Crippen MR) is 70.3 cm³/mol. The second kappa shape index (κ2) is 4.94. The average Bonchev–Trinajstić information content (AvgIpc) is 3.11. The fourth-order valence-corrected chi connectivity index (χ4v) is 2.64. The molecule has 1 saturated carbocycles. The van der Waals surface area contributed by atoms with Gasteiger partial charge in [-0.1, -0.05) is 24.3 Å². The van der Waals surface area contributed by atoms with E-state index in [1.54, 1.807) is 0 Å². The first-order valence-electron chi connectivity index (χ1n) is 6.89. The molecule has 1 aliphatic heterocycles. The molecule has 0 bridgehead atoms. The van der Waals surface area contributed by atoms with Gasteiger partial charge in [-0.25, -0.2) is 4.79 Å². The zero-order valence-corrected chi connectivity index (χ0v) is 10.9. The van der Waals surface area contributed by atoms with Gasteiger partial charge in [0.25, 0.3) is 0 Å². The third-order valence-corrected chi connectivity index (χ3v) is 3.99. The third-order valence-electron chi connectivity index (χ3n) is 3.99. The summed E-state index contributed by atoms with van der Waals surface area (Å²) in [5.41, 5.74) is 6.63. The van der Waals surface area contributed by atoms with Gasteiger partial charge in [-0.2, -0.15) is 0 Å². The van der Waals surface area contributed by atoms with Crippen molar-refractivity contribution >= 4 is 5.97 Å². The number of ether oxygens (including phenoxy) is 2. The molecule has 3 rings (SSSR count). The van der Waals surface area contributed by atoms with E-state index < -0.39 is 5.60 Å². The third kappa shape index (κ3) is 2.38. The largest absolute Gasteiger partial charge is 0.460 e. The van der Waals surface area contributed by atoms with E-state index in [2.05, 4.69) is 0 Å². The normalized spacial score (nSPS) is 26.4. The summed E-state index contributed by atoms with van der Waals surface area (Å²) in [7, 11) is 0. The average molecular weight is 261 g/mol. The second-order valence-corrected chi connectivity index (χ2v) is 5.33. The predicted octanol–water partition coefficient (Wildman–Crippen LogP) is 1.86. The lowest BCUT2D eigenvalue weighted by molar-refractivity contribution is -0.155. The van der Waals surface area contributed by atoms with Crippen molar-refractivity contribution in [3.8, 4) is 0 Å². The Labute approximate surface area is 112 Å². The Balaban J connectivity index is 1.72. The fourth-order valence-electron chi connectivity index (χ4n) is 2.64. The number of epoxide rings is 1. The Morgan fingerprint density at radius 3 is 2.47 bits per heavy atom. The van der Waals surface area contributed by atoms with Crippen LogP contribution in [0.25, 0.3) is 0 Å². The van der Waals surface area contributed by atoms with Gasteiger partial charge in [0.15, 0.2) is 0 Å². The Kier molecular flexibility index (Phi) is 3.29. The Morgan fingerprint density at radius 1 is 1.32 bits per heavy atom. The minimum absolute atomic E-state index is 0.0805. The Bertz CT molecular complexity index is 459. The molecule has 102 valence electrons. The molecule has 4 nitrogen and oxygen atoms in total. The van der Waals surface area contributed by atoms with Gasteiger partial charge in [-0.15, -0.1) is 0 Å². The molecular formula is C15H19NO3. The molecule has 1 aliphatic carbocycles. The molecule has 19 heavy (non-hydrogen) atoms. The molecule has 1 aromatic rings. The molecule has 1 atom stereocenters. The van der Waals surface area contributed by atoms with E-state index in [1.807, 2.05) is 24.3 Å². The van der Waals surface area contributed by atoms with Crippen molar-refractivity contribution in [1.82, 2.24) is 0 Å². The van der Waals surface area contributed by atoms with Crippen molar-refractivity contribution in [2.45, 2.75) is 43.9 Å². The van der Waals surface area contributed by atoms with Crippen LogP contribution in [0.15, 0.2) is 24.3 Å². The summed E-state index contributed by atoms with van der Waals surface area (Å²) in [6, 6.07) is 7.68. The number of carbonyl (C=O) groups excluding carboxylic acids is 1. The van der Waals surface area contributed by atoms with Crippen LogP contribution >= 0.6 is 0 Å². The first-order valence-corrected chi connectivity index (χ1v) is 6.89. The first kappa shape index (κ1) is 12.6. The van der Waals surface area contributed by atoms with E-state index in [0.29, 0.717) is 13.2 Å². The van der Waals surface area contributed by atoms with Gasteiger partial charge >= 0.3 is 5.97 Å². The summed E-state index contributed by atoms with van der Waals surface area (Å²) >= 11 is 0. The van der Waals surface area contributed by atoms with Crippen LogP contribution in [0.2, 0.25) is 0 Å². The van der Waals surface area contributed by atoms with Crippen LogP contribution in [0.3, 0.4) is 0 Å². The number of carbonyl (C=O) groups is 1. The summed E-state index contributed by atoms with van der Waals surface area (Å²) in [5, 5.41) is 0. The van der Waals surface area contributed by atoms with E-state index in [9.17, 15) is 4.79 Å². The molecular weight excluding hydrogens is 242 g/mol. The molecule has 1 aromatic carbocycles. The van der Waals surface area contributed by atoms with Gasteiger partial charge < -0.3 is 15.2 Å². The van der Waals surface area contributed by atoms with Crippen molar-refractivity contribution in [3.63, 3.8) is 0 Å². The molecule has 0 spiro atoms. The van der Waals surface area contributed by atoms with Gasteiger partial charge in [0.05, 0.1) is 6.61 Å². The fraction of sp³-hybridized carbons (Fsp3) is 0.533. The lowest BCUT2D eigenvalue weighted by atomic mass is 9.98. The second-order valence-electron chi connectivity index (χ2n) is 5.33. The van der Waals surface area contributed by atoms with Crippen LogP contribution in [0.5, 0.6) is 0 Å². The highest BCUT2D eigenvalue weighted by atomic mass is 16.6. The van der Waals surface area contributed by atoms with Gasteiger partial charge in [-0.05, 0) is 36.8 Å². The van der Waals surface area contributed by atoms with Crippen LogP contribution < -0.4 is 5.73 Å². The van der Waals surface area contributed by atoms with E-state index >= 15 is 0 Å². The Morgan fingerprint density at radius 2 is 1.95 bits per heavy atom. The molecule has 2 fully saturated rings. The number of hydrogen-bond acceptors (Lipinski definition) is 4. The van der Waals surface area contributed by atoms with Gasteiger partial charge in [0.2, 0.25) is 5.60 Å². The summed E-state index contributed by atoms with van der Waals surface area (Å²) < 4.78 is 11.0. The summed E-state index contributed by atoms with van der Waals surface area (Å²) in [6.07, 6.45) is 4.34. The van der Waals surface area contributed by atoms with Crippen molar-refractivity contribution in [1.29, 1.82) is 0 Å². The topological polar surface area (TPSA) is 64.9 Å². The highest BCUT2D eigenvalue weighted by Gasteiger charge is 2.56.